The van der Waals surface area contributed by atoms with E-state index in [-0.39, 0.29) is 17.7 Å². The van der Waals surface area contributed by atoms with Gasteiger partial charge in [-0.05, 0) is 30.7 Å². The highest BCUT2D eigenvalue weighted by Crippen LogP contribution is 2.17. The average molecular weight is 345 g/mol. The van der Waals surface area contributed by atoms with Gasteiger partial charge in [-0.3, -0.25) is 9.59 Å². The summed E-state index contributed by atoms with van der Waals surface area (Å²) in [5.74, 6) is -0.167. The molecular formula is C22H21N2O2+. The number of hydrogen-bond acceptors (Lipinski definition) is 2. The second-order valence-electron chi connectivity index (χ2n) is 6.21. The van der Waals surface area contributed by atoms with E-state index in [0.717, 1.165) is 11.1 Å². The molecule has 0 aliphatic heterocycles. The molecule has 0 aliphatic rings. The van der Waals surface area contributed by atoms with Gasteiger partial charge in [0.25, 0.3) is 5.91 Å². The summed E-state index contributed by atoms with van der Waals surface area (Å²) in [7, 11) is 0. The Bertz CT molecular complexity index is 936. The first-order chi connectivity index (χ1) is 12.5. The first-order valence-corrected chi connectivity index (χ1v) is 8.52. The van der Waals surface area contributed by atoms with E-state index >= 15 is 0 Å². The van der Waals surface area contributed by atoms with E-state index in [9.17, 15) is 9.59 Å². The van der Waals surface area contributed by atoms with Gasteiger partial charge in [0.1, 0.15) is 0 Å². The molecule has 3 aromatic rings. The standard InChI is InChI=1S/C22H20N2O2/c1-16(22(26)23-21-12-6-10-19(14-21)17(2)25)24-13-7-11-20(15-24)18-8-4-3-5-9-18/h3-16H,1-2H3/p+1/t16-/m0/s1. The van der Waals surface area contributed by atoms with Gasteiger partial charge in [-0.15, -0.1) is 0 Å². The van der Waals surface area contributed by atoms with E-state index in [1.54, 1.807) is 24.3 Å². The molecule has 0 unspecified atom stereocenters. The number of nitrogens with one attached hydrogen (secondary N) is 1. The van der Waals surface area contributed by atoms with Crippen LogP contribution in [0.5, 0.6) is 0 Å². The van der Waals surface area contributed by atoms with E-state index in [4.69, 9.17) is 0 Å². The maximum absolute atomic E-state index is 12.6. The van der Waals surface area contributed by atoms with Crippen LogP contribution < -0.4 is 9.88 Å². The number of Topliss-reactive ketones (excluding diaryl/α,β-unsaturated/α-hetero) is 1. The van der Waals surface area contributed by atoms with Crippen molar-refractivity contribution in [2.24, 2.45) is 0 Å². The van der Waals surface area contributed by atoms with E-state index in [1.807, 2.05) is 66.3 Å². The van der Waals surface area contributed by atoms with E-state index < -0.39 is 0 Å². The van der Waals surface area contributed by atoms with Crippen molar-refractivity contribution in [1.82, 2.24) is 0 Å². The van der Waals surface area contributed by atoms with Crippen molar-refractivity contribution in [2.75, 3.05) is 5.32 Å². The Morgan fingerprint density at radius 1 is 0.923 bits per heavy atom. The fraction of sp³-hybridized carbons (Fsp3) is 0.136. The third-order valence-electron chi connectivity index (χ3n) is 4.29. The molecule has 4 heteroatoms. The molecule has 130 valence electrons. The van der Waals surface area contributed by atoms with Gasteiger partial charge in [0.05, 0.1) is 0 Å². The van der Waals surface area contributed by atoms with Crippen molar-refractivity contribution >= 4 is 17.4 Å². The van der Waals surface area contributed by atoms with Gasteiger partial charge in [0, 0.05) is 29.8 Å². The van der Waals surface area contributed by atoms with E-state index in [0.29, 0.717) is 11.3 Å². The minimum atomic E-state index is -0.389. The normalized spacial score (nSPS) is 11.6. The Balaban J connectivity index is 1.79. The second kappa shape index (κ2) is 7.74. The minimum absolute atomic E-state index is 0.0286. The monoisotopic (exact) mass is 345 g/mol. The number of hydrogen-bond donors (Lipinski definition) is 1. The van der Waals surface area contributed by atoms with Crippen LogP contribution in [0.4, 0.5) is 5.69 Å². The lowest BCUT2D eigenvalue weighted by Gasteiger charge is -2.10. The number of aromatic nitrogens is 1. The number of carbonyl (C=O) groups excluding carboxylic acids is 2. The molecule has 0 bridgehead atoms. The van der Waals surface area contributed by atoms with Crippen LogP contribution in [0.3, 0.4) is 0 Å². The summed E-state index contributed by atoms with van der Waals surface area (Å²) in [6, 6.07) is 20.6. The zero-order valence-electron chi connectivity index (χ0n) is 14.8. The summed E-state index contributed by atoms with van der Waals surface area (Å²) in [5, 5.41) is 2.88. The lowest BCUT2D eigenvalue weighted by Crippen LogP contribution is -2.44. The van der Waals surface area contributed by atoms with E-state index in [2.05, 4.69) is 5.32 Å². The number of nitrogens with zero attached hydrogens (tertiary/aromatic N) is 1. The topological polar surface area (TPSA) is 50.1 Å². The highest BCUT2D eigenvalue weighted by atomic mass is 16.2. The first-order valence-electron chi connectivity index (χ1n) is 8.52. The maximum Gasteiger partial charge on any atom is 0.293 e. The van der Waals surface area contributed by atoms with Crippen LogP contribution in [0.15, 0.2) is 79.1 Å². The summed E-state index contributed by atoms with van der Waals surface area (Å²) in [6.45, 7) is 3.35. The van der Waals surface area contributed by atoms with Crippen molar-refractivity contribution in [2.45, 2.75) is 19.9 Å². The molecule has 0 radical (unpaired) electrons. The number of rotatable bonds is 5. The van der Waals surface area contributed by atoms with Crippen molar-refractivity contribution in [3.05, 3.63) is 84.7 Å². The van der Waals surface area contributed by atoms with Gasteiger partial charge in [-0.1, -0.05) is 42.5 Å². The molecule has 0 fully saturated rings. The van der Waals surface area contributed by atoms with Crippen LogP contribution in [0.1, 0.15) is 30.2 Å². The Morgan fingerprint density at radius 2 is 1.65 bits per heavy atom. The number of anilines is 1. The Morgan fingerprint density at radius 3 is 2.38 bits per heavy atom. The molecular weight excluding hydrogens is 324 g/mol. The summed E-state index contributed by atoms with van der Waals surface area (Å²) in [5.41, 5.74) is 3.35. The molecule has 2 aromatic carbocycles. The SMILES string of the molecule is CC(=O)c1cccc(NC(=O)[C@H](C)[n+]2cccc(-c3ccccc3)c2)c1. The number of ketones is 1. The molecule has 3 rings (SSSR count). The number of carbonyl (C=O) groups is 2. The predicted molar refractivity (Wildman–Crippen MR) is 102 cm³/mol. The molecule has 4 nitrogen and oxygen atoms in total. The quantitative estimate of drug-likeness (QED) is 0.560. The largest absolute Gasteiger partial charge is 0.320 e. The van der Waals surface area contributed by atoms with E-state index in [1.165, 1.54) is 6.92 Å². The lowest BCUT2D eigenvalue weighted by atomic mass is 10.1. The van der Waals surface area contributed by atoms with Crippen LogP contribution in [0.2, 0.25) is 0 Å². The lowest BCUT2D eigenvalue weighted by molar-refractivity contribution is -0.705. The fourth-order valence-corrected chi connectivity index (χ4v) is 2.73. The summed E-state index contributed by atoms with van der Waals surface area (Å²) in [6.07, 6.45) is 3.84. The van der Waals surface area contributed by atoms with Crippen molar-refractivity contribution < 1.29 is 14.2 Å². The molecule has 0 saturated carbocycles. The first kappa shape index (κ1) is 17.5. The molecule has 1 N–H and O–H groups in total. The van der Waals surface area contributed by atoms with Crippen LogP contribution in [0, 0.1) is 0 Å². The zero-order valence-corrected chi connectivity index (χ0v) is 14.8. The van der Waals surface area contributed by atoms with Crippen LogP contribution in [0.25, 0.3) is 11.1 Å². The zero-order chi connectivity index (χ0) is 18.5. The highest BCUT2D eigenvalue weighted by molar-refractivity contribution is 5.97. The maximum atomic E-state index is 12.6. The number of amides is 1. The molecule has 1 amide bonds. The third-order valence-corrected chi connectivity index (χ3v) is 4.29. The molecule has 1 aromatic heterocycles. The van der Waals surface area contributed by atoms with Crippen LogP contribution >= 0.6 is 0 Å². The molecule has 0 spiro atoms. The van der Waals surface area contributed by atoms with Crippen LogP contribution in [-0.4, -0.2) is 11.7 Å². The molecule has 0 saturated heterocycles. The second-order valence-corrected chi connectivity index (χ2v) is 6.21. The average Bonchev–Trinajstić information content (AvgIpc) is 2.68. The van der Waals surface area contributed by atoms with Gasteiger partial charge in [0.15, 0.2) is 18.2 Å². The fourth-order valence-electron chi connectivity index (χ4n) is 2.73. The van der Waals surface area contributed by atoms with Crippen molar-refractivity contribution in [3.8, 4) is 11.1 Å². The number of benzene rings is 2. The number of pyridine rings is 1. The van der Waals surface area contributed by atoms with Gasteiger partial charge in [-0.25, -0.2) is 0 Å². The Labute approximate surface area is 153 Å². The van der Waals surface area contributed by atoms with Crippen molar-refractivity contribution in [1.29, 1.82) is 0 Å². The Hall–Kier alpha value is -3.27. The summed E-state index contributed by atoms with van der Waals surface area (Å²) >= 11 is 0. The summed E-state index contributed by atoms with van der Waals surface area (Å²) in [4.78, 5) is 24.1. The minimum Gasteiger partial charge on any atom is -0.320 e. The Kier molecular flexibility index (Phi) is 5.23. The van der Waals surface area contributed by atoms with Crippen molar-refractivity contribution in [3.63, 3.8) is 0 Å². The summed E-state index contributed by atoms with van der Waals surface area (Å²) < 4.78 is 1.88. The third kappa shape index (κ3) is 4.03. The molecule has 26 heavy (non-hydrogen) atoms. The smallest absolute Gasteiger partial charge is 0.293 e. The van der Waals surface area contributed by atoms with Gasteiger partial charge in [0.2, 0.25) is 6.04 Å². The van der Waals surface area contributed by atoms with Gasteiger partial charge in [-0.2, -0.15) is 4.57 Å². The molecule has 1 atom stereocenters. The predicted octanol–water partition coefficient (Wildman–Crippen LogP) is 4.04. The van der Waals surface area contributed by atoms with Crippen LogP contribution in [-0.2, 0) is 4.79 Å². The van der Waals surface area contributed by atoms with Gasteiger partial charge < -0.3 is 5.32 Å². The molecule has 1 heterocycles. The highest BCUT2D eigenvalue weighted by Gasteiger charge is 2.22. The molecule has 0 aliphatic carbocycles. The van der Waals surface area contributed by atoms with Gasteiger partial charge >= 0.3 is 0 Å².